The fourth-order valence-electron chi connectivity index (χ4n) is 3.67. The molecule has 0 radical (unpaired) electrons. The minimum atomic E-state index is -0.553. The number of fused-ring (bicyclic) bond motifs is 1. The predicted octanol–water partition coefficient (Wildman–Crippen LogP) is 0.381. The molecule has 1 amide bonds. The molecule has 10 nitrogen and oxygen atoms in total. The summed E-state index contributed by atoms with van der Waals surface area (Å²) in [4.78, 5) is 34.7. The molecule has 0 saturated carbocycles. The topological polar surface area (TPSA) is 149 Å². The van der Waals surface area contributed by atoms with Gasteiger partial charge < -0.3 is 16.4 Å². The summed E-state index contributed by atoms with van der Waals surface area (Å²) in [6.45, 7) is 1.10. The van der Waals surface area contributed by atoms with E-state index < -0.39 is 5.91 Å². The second-order valence-electron chi connectivity index (χ2n) is 6.67. The fraction of sp³-hybridized carbons (Fsp3) is 0.278. The van der Waals surface area contributed by atoms with Crippen LogP contribution in [0.3, 0.4) is 0 Å². The van der Waals surface area contributed by atoms with Gasteiger partial charge in [-0.2, -0.15) is 5.26 Å². The molecule has 4 rings (SSSR count). The highest BCUT2D eigenvalue weighted by Crippen LogP contribution is 2.27. The SMILES string of the molecule is N#CN1CCCC(n2c(=O)n(-c3ccc(C(N)=O)cc3)c3c(N)ncnc32)C1. The second kappa shape index (κ2) is 6.70. The minimum Gasteiger partial charge on any atom is -0.382 e. The van der Waals surface area contributed by atoms with Gasteiger partial charge in [-0.1, -0.05) is 0 Å². The number of amides is 1. The molecule has 0 aliphatic carbocycles. The lowest BCUT2D eigenvalue weighted by molar-refractivity contribution is 0.100. The van der Waals surface area contributed by atoms with Gasteiger partial charge in [0.2, 0.25) is 5.91 Å². The maximum Gasteiger partial charge on any atom is 0.335 e. The van der Waals surface area contributed by atoms with Crippen LogP contribution in [0.1, 0.15) is 29.2 Å². The van der Waals surface area contributed by atoms with Crippen LogP contribution in [0.15, 0.2) is 35.4 Å². The highest BCUT2D eigenvalue weighted by atomic mass is 16.2. The summed E-state index contributed by atoms with van der Waals surface area (Å²) >= 11 is 0. The van der Waals surface area contributed by atoms with Gasteiger partial charge in [0.05, 0.1) is 11.7 Å². The number of imidazole rings is 1. The zero-order valence-electron chi connectivity index (χ0n) is 14.9. The number of likely N-dealkylation sites (tertiary alicyclic amines) is 1. The number of nitrogen functional groups attached to an aromatic ring is 1. The molecule has 28 heavy (non-hydrogen) atoms. The van der Waals surface area contributed by atoms with Crippen molar-refractivity contribution in [2.24, 2.45) is 5.73 Å². The van der Waals surface area contributed by atoms with Crippen molar-refractivity contribution in [2.45, 2.75) is 18.9 Å². The summed E-state index contributed by atoms with van der Waals surface area (Å²) in [5.74, 6) is -0.379. The molecule has 3 heterocycles. The summed E-state index contributed by atoms with van der Waals surface area (Å²) in [5, 5.41) is 9.24. The van der Waals surface area contributed by atoms with E-state index in [1.165, 1.54) is 10.9 Å². The average molecular weight is 378 g/mol. The van der Waals surface area contributed by atoms with E-state index in [2.05, 4.69) is 16.2 Å². The first kappa shape index (κ1) is 17.5. The molecule has 4 N–H and O–H groups in total. The fourth-order valence-corrected chi connectivity index (χ4v) is 3.67. The Balaban J connectivity index is 1.93. The number of rotatable bonds is 3. The van der Waals surface area contributed by atoms with Crippen molar-refractivity contribution in [3.05, 3.63) is 46.6 Å². The number of primary amides is 1. The van der Waals surface area contributed by atoms with Crippen molar-refractivity contribution >= 4 is 22.9 Å². The standard InChI is InChI=1S/C18H18N8O2/c19-9-24-7-1-2-13(8-24)26-17-14(15(20)22-10-23-17)25(18(26)28)12-5-3-11(4-6-12)16(21)27/h3-6,10,13H,1-2,7-8H2,(H2,21,27)(H2,20,22,23). The first-order valence-electron chi connectivity index (χ1n) is 8.79. The third kappa shape index (κ3) is 2.73. The van der Waals surface area contributed by atoms with Crippen molar-refractivity contribution in [2.75, 3.05) is 18.8 Å². The number of carbonyl (C=O) groups excluding carboxylic acids is 1. The second-order valence-corrected chi connectivity index (χ2v) is 6.67. The lowest BCUT2D eigenvalue weighted by Crippen LogP contribution is -2.37. The van der Waals surface area contributed by atoms with Gasteiger partial charge >= 0.3 is 5.69 Å². The molecule has 1 aliphatic rings. The maximum absolute atomic E-state index is 13.4. The summed E-state index contributed by atoms with van der Waals surface area (Å²) in [6, 6.07) is 6.14. The Hall–Kier alpha value is -3.87. The van der Waals surface area contributed by atoms with E-state index in [1.807, 2.05) is 0 Å². The van der Waals surface area contributed by atoms with Crippen LogP contribution in [0, 0.1) is 11.5 Å². The molecule has 1 aromatic carbocycles. The summed E-state index contributed by atoms with van der Waals surface area (Å²) in [6.07, 6.45) is 5.01. The van der Waals surface area contributed by atoms with Gasteiger partial charge in [-0.3, -0.25) is 13.9 Å². The number of nitrogens with zero attached hydrogens (tertiary/aromatic N) is 6. The van der Waals surface area contributed by atoms with Crippen molar-refractivity contribution in [3.8, 4) is 11.9 Å². The smallest absolute Gasteiger partial charge is 0.335 e. The van der Waals surface area contributed by atoms with Gasteiger partial charge in [0.15, 0.2) is 17.7 Å². The first-order valence-corrected chi connectivity index (χ1v) is 8.79. The first-order chi connectivity index (χ1) is 13.5. The zero-order valence-corrected chi connectivity index (χ0v) is 14.9. The molecule has 2 aromatic heterocycles. The zero-order chi connectivity index (χ0) is 19.8. The van der Waals surface area contributed by atoms with E-state index in [0.717, 1.165) is 12.8 Å². The van der Waals surface area contributed by atoms with Crippen molar-refractivity contribution < 1.29 is 4.79 Å². The van der Waals surface area contributed by atoms with Gasteiger partial charge in [0.1, 0.15) is 11.8 Å². The predicted molar refractivity (Wildman–Crippen MR) is 102 cm³/mol. The number of anilines is 1. The highest BCUT2D eigenvalue weighted by molar-refractivity contribution is 5.93. The van der Waals surface area contributed by atoms with Crippen LogP contribution in [-0.2, 0) is 0 Å². The number of aromatic nitrogens is 4. The van der Waals surface area contributed by atoms with Crippen LogP contribution < -0.4 is 17.2 Å². The van der Waals surface area contributed by atoms with E-state index in [1.54, 1.807) is 33.7 Å². The molecule has 1 atom stereocenters. The van der Waals surface area contributed by atoms with Crippen molar-refractivity contribution in [1.82, 2.24) is 24.0 Å². The molecule has 1 fully saturated rings. The van der Waals surface area contributed by atoms with Gasteiger partial charge in [-0.25, -0.2) is 14.8 Å². The number of hydrogen-bond donors (Lipinski definition) is 2. The number of carbonyl (C=O) groups is 1. The third-order valence-corrected chi connectivity index (χ3v) is 4.99. The van der Waals surface area contributed by atoms with Gasteiger partial charge in [-0.15, -0.1) is 0 Å². The highest BCUT2D eigenvalue weighted by Gasteiger charge is 2.27. The number of nitrogens with two attached hydrogens (primary N) is 2. The quantitative estimate of drug-likeness (QED) is 0.626. The Bertz CT molecular complexity index is 1160. The Morgan fingerprint density at radius 2 is 2.00 bits per heavy atom. The Kier molecular flexibility index (Phi) is 4.19. The van der Waals surface area contributed by atoms with E-state index >= 15 is 0 Å². The molecule has 1 saturated heterocycles. The normalized spacial score (nSPS) is 16.8. The minimum absolute atomic E-state index is 0.174. The lowest BCUT2D eigenvalue weighted by atomic mass is 10.1. The molecule has 0 spiro atoms. The number of piperidine rings is 1. The van der Waals surface area contributed by atoms with Crippen LogP contribution >= 0.6 is 0 Å². The van der Waals surface area contributed by atoms with Crippen LogP contribution in [-0.4, -0.2) is 43.0 Å². The van der Waals surface area contributed by atoms with E-state index in [9.17, 15) is 14.9 Å². The summed E-state index contributed by atoms with van der Waals surface area (Å²) in [7, 11) is 0. The van der Waals surface area contributed by atoms with E-state index in [0.29, 0.717) is 35.5 Å². The Morgan fingerprint density at radius 1 is 1.25 bits per heavy atom. The largest absolute Gasteiger partial charge is 0.382 e. The monoisotopic (exact) mass is 378 g/mol. The molecule has 1 aliphatic heterocycles. The van der Waals surface area contributed by atoms with E-state index in [4.69, 9.17) is 11.5 Å². The Labute approximate surface area is 159 Å². The average Bonchev–Trinajstić information content (AvgIpc) is 3.01. The molecule has 3 aromatic rings. The van der Waals surface area contributed by atoms with Crippen LogP contribution in [0.2, 0.25) is 0 Å². The van der Waals surface area contributed by atoms with E-state index in [-0.39, 0.29) is 17.5 Å². The van der Waals surface area contributed by atoms with Gasteiger partial charge in [0.25, 0.3) is 0 Å². The van der Waals surface area contributed by atoms with Gasteiger partial charge in [0, 0.05) is 18.7 Å². The number of nitriles is 1. The van der Waals surface area contributed by atoms with Crippen LogP contribution in [0.25, 0.3) is 16.9 Å². The van der Waals surface area contributed by atoms with Gasteiger partial charge in [-0.05, 0) is 37.1 Å². The van der Waals surface area contributed by atoms with Crippen molar-refractivity contribution in [1.29, 1.82) is 5.26 Å². The summed E-state index contributed by atoms with van der Waals surface area (Å²) in [5.41, 5.74) is 12.7. The molecule has 142 valence electrons. The van der Waals surface area contributed by atoms with Crippen LogP contribution in [0.4, 0.5) is 5.82 Å². The maximum atomic E-state index is 13.4. The molecular weight excluding hydrogens is 360 g/mol. The number of hydrogen-bond acceptors (Lipinski definition) is 7. The molecule has 10 heteroatoms. The third-order valence-electron chi connectivity index (χ3n) is 4.99. The molecular formula is C18H18N8O2. The van der Waals surface area contributed by atoms with Crippen molar-refractivity contribution in [3.63, 3.8) is 0 Å². The summed E-state index contributed by atoms with van der Waals surface area (Å²) < 4.78 is 3.01. The molecule has 0 bridgehead atoms. The number of benzene rings is 1. The van der Waals surface area contributed by atoms with Crippen LogP contribution in [0.5, 0.6) is 0 Å². The lowest BCUT2D eigenvalue weighted by Gasteiger charge is -2.29. The Morgan fingerprint density at radius 3 is 2.68 bits per heavy atom. The molecule has 1 unspecified atom stereocenters.